The van der Waals surface area contributed by atoms with E-state index in [1.807, 2.05) is 0 Å². The topological polar surface area (TPSA) is 108 Å². The molecule has 4 atom stereocenters. The van der Waals surface area contributed by atoms with Crippen LogP contribution in [0.5, 0.6) is 0 Å². The van der Waals surface area contributed by atoms with Crippen molar-refractivity contribution in [2.24, 2.45) is 0 Å². The van der Waals surface area contributed by atoms with E-state index >= 15 is 0 Å². The summed E-state index contributed by atoms with van der Waals surface area (Å²) in [5.74, 6) is -1.66. The van der Waals surface area contributed by atoms with Gasteiger partial charge in [0.05, 0.1) is 0 Å². The predicted molar refractivity (Wildman–Crippen MR) is 63.2 cm³/mol. The van der Waals surface area contributed by atoms with E-state index in [-0.39, 0.29) is 13.0 Å². The number of rotatable bonds is 4. The minimum Gasteiger partial charge on any atom is -0.463 e. The van der Waals surface area contributed by atoms with Crippen molar-refractivity contribution in [1.82, 2.24) is 0 Å². The third-order valence-electron chi connectivity index (χ3n) is 2.60. The SMILES string of the molecule is CC(=O)OC[C@H]1O[C@H](O)[C@@H](OC(C)=O)C[C@@H]1OC(C)=O. The van der Waals surface area contributed by atoms with Crippen LogP contribution in [0.15, 0.2) is 0 Å². The highest BCUT2D eigenvalue weighted by atomic mass is 16.7. The van der Waals surface area contributed by atoms with E-state index in [0.29, 0.717) is 0 Å². The highest BCUT2D eigenvalue weighted by molar-refractivity contribution is 5.67. The maximum atomic E-state index is 11.1. The normalized spacial score (nSPS) is 29.4. The number of hydrogen-bond acceptors (Lipinski definition) is 8. The quantitative estimate of drug-likeness (QED) is 0.546. The molecule has 0 amide bonds. The second-order valence-electron chi connectivity index (χ2n) is 4.40. The first-order valence-corrected chi connectivity index (χ1v) is 6.11. The average molecular weight is 290 g/mol. The van der Waals surface area contributed by atoms with Crippen molar-refractivity contribution < 1.29 is 38.4 Å². The lowest BCUT2D eigenvalue weighted by Crippen LogP contribution is -2.51. The van der Waals surface area contributed by atoms with Gasteiger partial charge < -0.3 is 24.1 Å². The standard InChI is InChI=1S/C12H18O8/c1-6(13)17-5-11-9(18-7(2)14)4-10(12(16)20-11)19-8(3)15/h9-12,16H,4-5H2,1-3H3/t9-,10-,11+,12-/m0/s1. The molecule has 0 saturated carbocycles. The van der Waals surface area contributed by atoms with Crippen LogP contribution in [0, 0.1) is 0 Å². The summed E-state index contributed by atoms with van der Waals surface area (Å²) in [5, 5.41) is 9.72. The lowest BCUT2D eigenvalue weighted by molar-refractivity contribution is -0.262. The second-order valence-corrected chi connectivity index (χ2v) is 4.40. The maximum Gasteiger partial charge on any atom is 0.303 e. The number of hydrogen-bond donors (Lipinski definition) is 1. The van der Waals surface area contributed by atoms with Gasteiger partial charge in [-0.2, -0.15) is 0 Å². The van der Waals surface area contributed by atoms with E-state index in [9.17, 15) is 19.5 Å². The van der Waals surface area contributed by atoms with Crippen LogP contribution in [0.1, 0.15) is 27.2 Å². The van der Waals surface area contributed by atoms with Crippen molar-refractivity contribution in [3.8, 4) is 0 Å². The van der Waals surface area contributed by atoms with Gasteiger partial charge >= 0.3 is 17.9 Å². The van der Waals surface area contributed by atoms with Gasteiger partial charge in [-0.1, -0.05) is 0 Å². The van der Waals surface area contributed by atoms with Crippen LogP contribution in [0.2, 0.25) is 0 Å². The van der Waals surface area contributed by atoms with Gasteiger partial charge in [0, 0.05) is 27.2 Å². The molecule has 0 aliphatic carbocycles. The van der Waals surface area contributed by atoms with Crippen molar-refractivity contribution in [2.45, 2.75) is 51.8 Å². The zero-order valence-electron chi connectivity index (χ0n) is 11.5. The minimum atomic E-state index is -1.37. The monoisotopic (exact) mass is 290 g/mol. The Labute approximate surface area is 115 Å². The number of carbonyl (C=O) groups excluding carboxylic acids is 3. The van der Waals surface area contributed by atoms with E-state index in [1.54, 1.807) is 0 Å². The Kier molecular flexibility index (Phi) is 5.90. The molecule has 1 fully saturated rings. The fraction of sp³-hybridized carbons (Fsp3) is 0.750. The van der Waals surface area contributed by atoms with Crippen LogP contribution in [0.4, 0.5) is 0 Å². The van der Waals surface area contributed by atoms with Gasteiger partial charge in [-0.3, -0.25) is 14.4 Å². The molecule has 1 aliphatic heterocycles. The molecule has 8 nitrogen and oxygen atoms in total. The molecular weight excluding hydrogens is 272 g/mol. The molecule has 1 heterocycles. The lowest BCUT2D eigenvalue weighted by atomic mass is 10.0. The van der Waals surface area contributed by atoms with Gasteiger partial charge in [0.1, 0.15) is 18.8 Å². The number of carbonyl (C=O) groups is 3. The molecule has 8 heteroatoms. The van der Waals surface area contributed by atoms with Crippen molar-refractivity contribution in [1.29, 1.82) is 0 Å². The zero-order valence-corrected chi connectivity index (χ0v) is 11.5. The average Bonchev–Trinajstić information content (AvgIpc) is 2.29. The first kappa shape index (κ1) is 16.4. The molecule has 20 heavy (non-hydrogen) atoms. The summed E-state index contributed by atoms with van der Waals surface area (Å²) >= 11 is 0. The summed E-state index contributed by atoms with van der Waals surface area (Å²) in [4.78, 5) is 32.8. The molecule has 0 unspecified atom stereocenters. The van der Waals surface area contributed by atoms with Crippen molar-refractivity contribution in [2.75, 3.05) is 6.61 Å². The molecule has 1 N–H and O–H groups in total. The van der Waals surface area contributed by atoms with Crippen LogP contribution >= 0.6 is 0 Å². The molecule has 1 aliphatic rings. The molecule has 0 bridgehead atoms. The number of esters is 3. The van der Waals surface area contributed by atoms with Crippen LogP contribution < -0.4 is 0 Å². The first-order chi connectivity index (χ1) is 9.29. The highest BCUT2D eigenvalue weighted by Gasteiger charge is 2.41. The van der Waals surface area contributed by atoms with Gasteiger partial charge in [0.2, 0.25) is 0 Å². The third-order valence-corrected chi connectivity index (χ3v) is 2.60. The molecule has 1 saturated heterocycles. The minimum absolute atomic E-state index is 0.0618. The van der Waals surface area contributed by atoms with E-state index in [4.69, 9.17) is 18.9 Å². The molecular formula is C12H18O8. The van der Waals surface area contributed by atoms with Crippen molar-refractivity contribution in [3.63, 3.8) is 0 Å². The molecule has 1 rings (SSSR count). The smallest absolute Gasteiger partial charge is 0.303 e. The summed E-state index contributed by atoms with van der Waals surface area (Å²) in [5.41, 5.74) is 0. The van der Waals surface area contributed by atoms with Gasteiger partial charge in [0.25, 0.3) is 0 Å². The Morgan fingerprint density at radius 1 is 1.05 bits per heavy atom. The largest absolute Gasteiger partial charge is 0.463 e. The van der Waals surface area contributed by atoms with Crippen molar-refractivity contribution >= 4 is 17.9 Å². The predicted octanol–water partition coefficient (Wildman–Crippen LogP) is -0.480. The van der Waals surface area contributed by atoms with Crippen LogP contribution in [-0.4, -0.2) is 54.2 Å². The number of aliphatic hydroxyl groups is 1. The molecule has 0 aromatic heterocycles. The summed E-state index contributed by atoms with van der Waals surface area (Å²) < 4.78 is 19.9. The Bertz CT molecular complexity index is 380. The van der Waals surface area contributed by atoms with E-state index in [2.05, 4.69) is 0 Å². The molecule has 114 valence electrons. The zero-order chi connectivity index (χ0) is 15.3. The van der Waals surface area contributed by atoms with E-state index in [1.165, 1.54) is 20.8 Å². The first-order valence-electron chi connectivity index (χ1n) is 6.11. The Morgan fingerprint density at radius 3 is 2.10 bits per heavy atom. The van der Waals surface area contributed by atoms with Crippen LogP contribution in [-0.2, 0) is 33.3 Å². The van der Waals surface area contributed by atoms with E-state index in [0.717, 1.165) is 0 Å². The lowest BCUT2D eigenvalue weighted by Gasteiger charge is -2.37. The fourth-order valence-electron chi connectivity index (χ4n) is 1.85. The van der Waals surface area contributed by atoms with Gasteiger partial charge in [-0.15, -0.1) is 0 Å². The number of ether oxygens (including phenoxy) is 4. The van der Waals surface area contributed by atoms with Crippen molar-refractivity contribution in [3.05, 3.63) is 0 Å². The van der Waals surface area contributed by atoms with Gasteiger partial charge in [0.15, 0.2) is 12.4 Å². The molecule has 0 aromatic rings. The summed E-state index contributed by atoms with van der Waals surface area (Å²) in [7, 11) is 0. The second kappa shape index (κ2) is 7.20. The Morgan fingerprint density at radius 2 is 1.60 bits per heavy atom. The molecule has 0 radical (unpaired) electrons. The third kappa shape index (κ3) is 5.14. The molecule has 0 aromatic carbocycles. The summed E-state index contributed by atoms with van der Waals surface area (Å²) in [6.07, 6.45) is -3.84. The van der Waals surface area contributed by atoms with Gasteiger partial charge in [-0.25, -0.2) is 0 Å². The summed E-state index contributed by atoms with van der Waals surface area (Å²) in [6.45, 7) is 3.46. The Hall–Kier alpha value is -1.67. The van der Waals surface area contributed by atoms with Gasteiger partial charge in [-0.05, 0) is 0 Å². The van der Waals surface area contributed by atoms with E-state index < -0.39 is 42.5 Å². The maximum absolute atomic E-state index is 11.1. The number of aliphatic hydroxyl groups excluding tert-OH is 1. The van der Waals surface area contributed by atoms with Crippen LogP contribution in [0.3, 0.4) is 0 Å². The highest BCUT2D eigenvalue weighted by Crippen LogP contribution is 2.24. The molecule has 0 spiro atoms. The fourth-order valence-corrected chi connectivity index (χ4v) is 1.85. The van der Waals surface area contributed by atoms with Crippen LogP contribution in [0.25, 0.3) is 0 Å². The Balaban J connectivity index is 2.70. The summed E-state index contributed by atoms with van der Waals surface area (Å²) in [6, 6.07) is 0.